The number of carbonyl (C=O) groups excluding carboxylic acids is 8. The van der Waals surface area contributed by atoms with Gasteiger partial charge < -0.3 is 37.9 Å². The van der Waals surface area contributed by atoms with Gasteiger partial charge in [-0.25, -0.2) is 39.6 Å². The van der Waals surface area contributed by atoms with Crippen molar-refractivity contribution >= 4 is 48.3 Å². The van der Waals surface area contributed by atoms with E-state index in [4.69, 9.17) is 37.9 Å². The standard InChI is InChI=1S/2C41H37N3O8/c2*1-49-37(45)35(42-41(30-20-10-5-11-21-30)33-24-14-12-22-31(33)32-23-13-15-25-34(32)41)36(38(46)50-2)44(40(48)52-27-29-18-8-4-9-19-29)43-39(47)51-26-28-16-6-3-7-17-28/h2*3-25,35-36,42H,26-27H2,1-2H3,(H,43,47). The van der Waals surface area contributed by atoms with Crippen LogP contribution in [0, 0.1) is 0 Å². The van der Waals surface area contributed by atoms with Gasteiger partial charge in [-0.2, -0.15) is 10.0 Å². The molecule has 10 aromatic carbocycles. The molecule has 0 aliphatic heterocycles. The number of hydrazine groups is 2. The highest BCUT2D eigenvalue weighted by Gasteiger charge is 2.55. The monoisotopic (exact) mass is 1400 g/mol. The Hall–Kier alpha value is -12.9. The third-order valence-electron chi connectivity index (χ3n) is 17.7. The predicted molar refractivity (Wildman–Crippen MR) is 382 cm³/mol. The number of ether oxygens (including phenoxy) is 8. The Morgan fingerprint density at radius 1 is 0.298 bits per heavy atom. The molecule has 0 spiro atoms. The first-order chi connectivity index (χ1) is 50.7. The van der Waals surface area contributed by atoms with Crippen molar-refractivity contribution in [3.8, 4) is 22.3 Å². The van der Waals surface area contributed by atoms with Gasteiger partial charge in [0, 0.05) is 0 Å². The fourth-order valence-electron chi connectivity index (χ4n) is 13.0. The van der Waals surface area contributed by atoms with E-state index >= 15 is 0 Å². The predicted octanol–water partition coefficient (Wildman–Crippen LogP) is 12.2. The molecule has 0 fully saturated rings. The summed E-state index contributed by atoms with van der Waals surface area (Å²) in [6.45, 7) is -0.719. The molecule has 528 valence electrons. The molecule has 4 N–H and O–H groups in total. The van der Waals surface area contributed by atoms with E-state index in [2.05, 4.69) is 21.5 Å². The Kier molecular flexibility index (Phi) is 23.6. The number of benzene rings is 10. The summed E-state index contributed by atoms with van der Waals surface area (Å²) < 4.78 is 43.1. The smallest absolute Gasteiger partial charge is 0.430 e. The Balaban J connectivity index is 0.000000208. The Morgan fingerprint density at radius 2 is 0.529 bits per heavy atom. The van der Waals surface area contributed by atoms with Gasteiger partial charge in [0.1, 0.15) is 38.5 Å². The largest absolute Gasteiger partial charge is 0.468 e. The summed E-state index contributed by atoms with van der Waals surface area (Å²) in [7, 11) is 4.55. The Labute approximate surface area is 600 Å². The van der Waals surface area contributed by atoms with Crippen LogP contribution in [-0.4, -0.2) is 111 Å². The first-order valence-electron chi connectivity index (χ1n) is 33.1. The zero-order valence-electron chi connectivity index (χ0n) is 57.1. The number of fused-ring (bicyclic) bond motifs is 6. The molecule has 0 saturated heterocycles. The van der Waals surface area contributed by atoms with E-state index in [0.29, 0.717) is 32.3 Å². The van der Waals surface area contributed by atoms with Crippen LogP contribution in [-0.2, 0) is 94.6 Å². The lowest BCUT2D eigenvalue weighted by Crippen LogP contribution is -2.67. The van der Waals surface area contributed by atoms with Crippen molar-refractivity contribution in [3.63, 3.8) is 0 Å². The van der Waals surface area contributed by atoms with Gasteiger partial charge in [-0.3, -0.25) is 20.2 Å². The van der Waals surface area contributed by atoms with E-state index in [1.165, 1.54) is 0 Å². The molecule has 0 radical (unpaired) electrons. The van der Waals surface area contributed by atoms with Gasteiger partial charge in [0.25, 0.3) is 0 Å². The van der Waals surface area contributed by atoms with Gasteiger partial charge in [0.05, 0.1) is 39.5 Å². The van der Waals surface area contributed by atoms with E-state index in [1.54, 1.807) is 97.1 Å². The summed E-state index contributed by atoms with van der Waals surface area (Å²) in [6.07, 6.45) is -4.50. The SMILES string of the molecule is COC(=O)C(NC1(c2ccccc2)c2ccccc2-c2ccccc21)C(C(=O)OC)N(NC(=O)OCc1ccccc1)C(=O)OCc1ccccc1.COC(=O)C(NC1(c2ccccc2)c2ccccc2-c2ccccc21)C(C(=O)OC)N(NC(=O)OCc1ccccc1)C(=O)OCc1ccccc1. The molecule has 2 aliphatic carbocycles. The maximum Gasteiger partial charge on any atom is 0.430 e. The number of esters is 4. The second-order valence-electron chi connectivity index (χ2n) is 23.8. The van der Waals surface area contributed by atoms with Crippen molar-refractivity contribution in [1.29, 1.82) is 0 Å². The molecule has 0 saturated carbocycles. The quantitative estimate of drug-likeness (QED) is 0.0279. The lowest BCUT2D eigenvalue weighted by molar-refractivity contribution is -0.157. The van der Waals surface area contributed by atoms with Crippen LogP contribution in [0.1, 0.15) is 55.6 Å². The zero-order valence-corrected chi connectivity index (χ0v) is 57.1. The highest BCUT2D eigenvalue weighted by molar-refractivity contribution is 5.94. The number of carbonyl (C=O) groups is 8. The second kappa shape index (κ2) is 34.0. The highest BCUT2D eigenvalue weighted by Crippen LogP contribution is 2.53. The molecule has 0 aromatic heterocycles. The lowest BCUT2D eigenvalue weighted by Gasteiger charge is -2.40. The average molecular weight is 1400 g/mol. The molecule has 0 heterocycles. The van der Waals surface area contributed by atoms with E-state index in [-0.39, 0.29) is 26.4 Å². The van der Waals surface area contributed by atoms with Crippen LogP contribution in [0.3, 0.4) is 0 Å². The summed E-state index contributed by atoms with van der Waals surface area (Å²) in [5, 5.41) is 8.12. The minimum Gasteiger partial charge on any atom is -0.468 e. The topological polar surface area (TPSA) is 265 Å². The highest BCUT2D eigenvalue weighted by atomic mass is 16.6. The second-order valence-corrected chi connectivity index (χ2v) is 23.8. The minimum atomic E-state index is -1.87. The van der Waals surface area contributed by atoms with Gasteiger partial charge >= 0.3 is 48.3 Å². The molecule has 4 atom stereocenters. The van der Waals surface area contributed by atoms with Crippen molar-refractivity contribution in [2.75, 3.05) is 28.4 Å². The molecule has 104 heavy (non-hydrogen) atoms. The summed E-state index contributed by atoms with van der Waals surface area (Å²) in [6, 6.07) is 78.1. The lowest BCUT2D eigenvalue weighted by atomic mass is 9.79. The Bertz CT molecular complexity index is 4250. The molecule has 22 heteroatoms. The van der Waals surface area contributed by atoms with Gasteiger partial charge in [-0.05, 0) is 77.9 Å². The third kappa shape index (κ3) is 15.8. The molecule has 2 aliphatic rings. The van der Waals surface area contributed by atoms with E-state index in [9.17, 15) is 38.4 Å². The first-order valence-corrected chi connectivity index (χ1v) is 33.1. The van der Waals surface area contributed by atoms with Crippen molar-refractivity contribution < 1.29 is 76.3 Å². The van der Waals surface area contributed by atoms with Gasteiger partial charge in [-0.15, -0.1) is 0 Å². The van der Waals surface area contributed by atoms with Crippen molar-refractivity contribution in [3.05, 3.63) is 335 Å². The van der Waals surface area contributed by atoms with Crippen molar-refractivity contribution in [2.24, 2.45) is 0 Å². The molecule has 4 amide bonds. The van der Waals surface area contributed by atoms with Crippen LogP contribution in [0.5, 0.6) is 0 Å². The van der Waals surface area contributed by atoms with E-state index in [1.807, 2.05) is 182 Å². The van der Waals surface area contributed by atoms with Gasteiger partial charge in [0.2, 0.25) is 0 Å². The average Bonchev–Trinajstić information content (AvgIpc) is 1.55. The van der Waals surface area contributed by atoms with Crippen LogP contribution in [0.25, 0.3) is 22.3 Å². The van der Waals surface area contributed by atoms with Crippen LogP contribution < -0.4 is 21.5 Å². The number of hydrogen-bond acceptors (Lipinski definition) is 18. The van der Waals surface area contributed by atoms with E-state index < -0.39 is 83.5 Å². The number of methoxy groups -OCH3 is 4. The van der Waals surface area contributed by atoms with Gasteiger partial charge in [0.15, 0.2) is 12.1 Å². The minimum absolute atomic E-state index is 0.147. The Morgan fingerprint density at radius 3 is 0.788 bits per heavy atom. The summed E-state index contributed by atoms with van der Waals surface area (Å²) in [4.78, 5) is 111. The summed E-state index contributed by atoms with van der Waals surface area (Å²) >= 11 is 0. The van der Waals surface area contributed by atoms with Crippen molar-refractivity contribution in [1.82, 2.24) is 31.5 Å². The maximum absolute atomic E-state index is 14.0. The number of hydrogen-bond donors (Lipinski definition) is 4. The number of amides is 4. The van der Waals surface area contributed by atoms with Crippen LogP contribution in [0.2, 0.25) is 0 Å². The summed E-state index contributed by atoms with van der Waals surface area (Å²) in [5.74, 6) is -3.95. The molecule has 12 rings (SSSR count). The first kappa shape index (κ1) is 72.3. The molecular formula is C82H74N6O16. The van der Waals surface area contributed by atoms with Crippen LogP contribution in [0.4, 0.5) is 19.2 Å². The van der Waals surface area contributed by atoms with Crippen LogP contribution >= 0.6 is 0 Å². The van der Waals surface area contributed by atoms with Crippen molar-refractivity contribution in [2.45, 2.75) is 61.7 Å². The molecule has 10 aromatic rings. The maximum atomic E-state index is 14.0. The number of nitrogens with zero attached hydrogens (tertiary/aromatic N) is 2. The van der Waals surface area contributed by atoms with Gasteiger partial charge in [-0.1, -0.05) is 279 Å². The molecule has 4 unspecified atom stereocenters. The fourth-order valence-corrected chi connectivity index (χ4v) is 13.0. The zero-order chi connectivity index (χ0) is 73.0. The molecule has 0 bridgehead atoms. The molecular weight excluding hydrogens is 1320 g/mol. The van der Waals surface area contributed by atoms with Crippen LogP contribution in [0.15, 0.2) is 279 Å². The van der Waals surface area contributed by atoms with E-state index in [0.717, 1.165) is 84.1 Å². The third-order valence-corrected chi connectivity index (χ3v) is 17.7. The normalized spacial score (nSPS) is 13.3. The number of rotatable bonds is 22. The fraction of sp³-hybridized carbons (Fsp3) is 0.171. The molecule has 22 nitrogen and oxygen atoms in total. The summed E-state index contributed by atoms with van der Waals surface area (Å²) in [5.41, 5.74) is 13.1. The number of nitrogens with one attached hydrogen (secondary N) is 4.